The van der Waals surface area contributed by atoms with E-state index in [1.807, 2.05) is 12.1 Å². The Labute approximate surface area is 189 Å². The normalized spacial score (nSPS) is 18.1. The average Bonchev–Trinajstić information content (AvgIpc) is 3.25. The Balaban J connectivity index is 2.00. The highest BCUT2D eigenvalue weighted by Crippen LogP contribution is 2.36. The van der Waals surface area contributed by atoms with Gasteiger partial charge in [0.25, 0.3) is 0 Å². The van der Waals surface area contributed by atoms with Gasteiger partial charge in [0.1, 0.15) is 11.3 Å². The maximum Gasteiger partial charge on any atom is 0.343 e. The third kappa shape index (κ3) is 5.41. The minimum atomic E-state index is -0.523. The van der Waals surface area contributed by atoms with Gasteiger partial charge in [0.2, 0.25) is 11.8 Å². The number of anilines is 1. The molecule has 1 aliphatic carbocycles. The van der Waals surface area contributed by atoms with Crippen molar-refractivity contribution in [1.82, 2.24) is 0 Å². The zero-order chi connectivity index (χ0) is 23.1. The fraction of sp³-hybridized carbons (Fsp3) is 0.462. The maximum atomic E-state index is 13.5. The van der Waals surface area contributed by atoms with Gasteiger partial charge in [0.05, 0.1) is 19.8 Å². The third-order valence-corrected chi connectivity index (χ3v) is 5.94. The van der Waals surface area contributed by atoms with Crippen molar-refractivity contribution < 1.29 is 23.5 Å². The van der Waals surface area contributed by atoms with Crippen LogP contribution in [0.25, 0.3) is 11.3 Å². The topological polar surface area (TPSA) is 69.0 Å². The van der Waals surface area contributed by atoms with Crippen LogP contribution in [0.5, 0.6) is 0 Å². The van der Waals surface area contributed by atoms with Crippen molar-refractivity contribution >= 4 is 17.8 Å². The largest absolute Gasteiger partial charge is 0.462 e. The van der Waals surface area contributed by atoms with Crippen LogP contribution >= 0.6 is 0 Å². The number of esters is 1. The van der Waals surface area contributed by atoms with Crippen molar-refractivity contribution in [3.8, 4) is 23.7 Å². The molecule has 1 amide bonds. The Morgan fingerprint density at radius 2 is 1.88 bits per heavy atom. The van der Waals surface area contributed by atoms with Gasteiger partial charge in [-0.05, 0) is 62.8 Å². The molecule has 0 N–H and O–H groups in total. The number of nitrogens with zero attached hydrogens (tertiary/aromatic N) is 1. The molecule has 0 saturated heterocycles. The molecule has 1 aromatic heterocycles. The van der Waals surface area contributed by atoms with Gasteiger partial charge in [0.15, 0.2) is 0 Å². The van der Waals surface area contributed by atoms with Gasteiger partial charge in [-0.25, -0.2) is 4.79 Å². The predicted molar refractivity (Wildman–Crippen MR) is 123 cm³/mol. The monoisotopic (exact) mass is 437 g/mol. The summed E-state index contributed by atoms with van der Waals surface area (Å²) in [6.45, 7) is 4.80. The molecule has 0 bridgehead atoms. The fourth-order valence-electron chi connectivity index (χ4n) is 4.03. The Kier molecular flexibility index (Phi) is 8.13. The summed E-state index contributed by atoms with van der Waals surface area (Å²) in [7, 11) is 1.58. The second-order valence-electron chi connectivity index (χ2n) is 8.21. The lowest BCUT2D eigenvalue weighted by Gasteiger charge is -2.30. The van der Waals surface area contributed by atoms with Crippen LogP contribution in [0.4, 0.5) is 5.88 Å². The van der Waals surface area contributed by atoms with Gasteiger partial charge in [-0.1, -0.05) is 12.8 Å². The van der Waals surface area contributed by atoms with E-state index in [0.29, 0.717) is 18.3 Å². The van der Waals surface area contributed by atoms with E-state index in [9.17, 15) is 9.59 Å². The first-order valence-corrected chi connectivity index (χ1v) is 11.2. The summed E-state index contributed by atoms with van der Waals surface area (Å²) in [5, 5.41) is 0. The molecule has 0 radical (unpaired) electrons. The van der Waals surface area contributed by atoms with E-state index in [1.54, 1.807) is 37.1 Å². The van der Waals surface area contributed by atoms with E-state index in [1.165, 1.54) is 0 Å². The fourth-order valence-corrected chi connectivity index (χ4v) is 4.03. The summed E-state index contributed by atoms with van der Waals surface area (Å²) in [5.41, 5.74) is 1.73. The zero-order valence-corrected chi connectivity index (χ0v) is 19.1. The van der Waals surface area contributed by atoms with E-state index >= 15 is 0 Å². The van der Waals surface area contributed by atoms with Gasteiger partial charge < -0.3 is 13.9 Å². The molecule has 1 heterocycles. The summed E-state index contributed by atoms with van der Waals surface area (Å²) in [6.07, 6.45) is 9.15. The second kappa shape index (κ2) is 11.0. The number of carbonyl (C=O) groups excluding carboxylic acids is 2. The van der Waals surface area contributed by atoms with Crippen LogP contribution in [0.15, 0.2) is 34.7 Å². The number of methoxy groups -OCH3 is 1. The minimum Gasteiger partial charge on any atom is -0.462 e. The molecule has 0 spiro atoms. The molecule has 6 heteroatoms. The van der Waals surface area contributed by atoms with E-state index in [-0.39, 0.29) is 36.4 Å². The number of amides is 1. The lowest BCUT2D eigenvalue weighted by Crippen LogP contribution is -2.40. The molecule has 0 atom stereocenters. The number of carbonyl (C=O) groups is 2. The molecule has 1 aromatic carbocycles. The van der Waals surface area contributed by atoms with Crippen LogP contribution in [-0.4, -0.2) is 38.7 Å². The Morgan fingerprint density at radius 3 is 2.47 bits per heavy atom. The molecule has 32 heavy (non-hydrogen) atoms. The molecule has 0 unspecified atom stereocenters. The number of furan rings is 1. The van der Waals surface area contributed by atoms with Crippen LogP contribution in [-0.2, 0) is 14.3 Å². The maximum absolute atomic E-state index is 13.5. The number of hydrogen-bond acceptors (Lipinski definition) is 5. The van der Waals surface area contributed by atoms with Crippen LogP contribution in [0.1, 0.15) is 55.5 Å². The second-order valence-corrected chi connectivity index (χ2v) is 8.21. The van der Waals surface area contributed by atoms with E-state index in [4.69, 9.17) is 20.3 Å². The van der Waals surface area contributed by atoms with Crippen molar-refractivity contribution in [3.63, 3.8) is 0 Å². The predicted octanol–water partition coefficient (Wildman–Crippen LogP) is 4.91. The third-order valence-electron chi connectivity index (χ3n) is 5.94. The van der Waals surface area contributed by atoms with Crippen molar-refractivity contribution in [2.24, 2.45) is 11.8 Å². The lowest BCUT2D eigenvalue weighted by molar-refractivity contribution is -0.123. The molecule has 1 saturated carbocycles. The van der Waals surface area contributed by atoms with Crippen LogP contribution in [0.2, 0.25) is 0 Å². The van der Waals surface area contributed by atoms with Crippen molar-refractivity contribution in [1.29, 1.82) is 0 Å². The Morgan fingerprint density at radius 1 is 1.19 bits per heavy atom. The molecule has 3 rings (SSSR count). The molecule has 170 valence electrons. The number of rotatable bonds is 8. The highest BCUT2D eigenvalue weighted by atomic mass is 16.5. The quantitative estimate of drug-likeness (QED) is 0.434. The zero-order valence-electron chi connectivity index (χ0n) is 19.1. The Bertz CT molecular complexity index is 961. The number of terminal acetylenes is 1. The minimum absolute atomic E-state index is 0.0388. The van der Waals surface area contributed by atoms with E-state index in [2.05, 4.69) is 12.8 Å². The number of benzene rings is 1. The molecule has 6 nitrogen and oxygen atoms in total. The van der Waals surface area contributed by atoms with Gasteiger partial charge in [-0.3, -0.25) is 9.69 Å². The molecular weight excluding hydrogens is 406 g/mol. The van der Waals surface area contributed by atoms with Crippen molar-refractivity contribution in [3.05, 3.63) is 41.5 Å². The molecule has 2 aromatic rings. The van der Waals surface area contributed by atoms with E-state index in [0.717, 1.165) is 36.8 Å². The first-order valence-electron chi connectivity index (χ1n) is 11.2. The number of ether oxygens (including phenoxy) is 2. The van der Waals surface area contributed by atoms with Gasteiger partial charge in [0, 0.05) is 30.2 Å². The smallest absolute Gasteiger partial charge is 0.343 e. The Hall–Kier alpha value is -3.04. The summed E-state index contributed by atoms with van der Waals surface area (Å²) in [4.78, 5) is 27.8. The van der Waals surface area contributed by atoms with Crippen molar-refractivity contribution in [2.45, 2.75) is 39.5 Å². The van der Waals surface area contributed by atoms with Crippen LogP contribution in [0, 0.1) is 24.2 Å². The van der Waals surface area contributed by atoms with E-state index < -0.39 is 5.97 Å². The van der Waals surface area contributed by atoms with Gasteiger partial charge in [-0.15, -0.1) is 6.42 Å². The van der Waals surface area contributed by atoms with Crippen LogP contribution < -0.4 is 4.90 Å². The molecule has 1 fully saturated rings. The van der Waals surface area contributed by atoms with Gasteiger partial charge >= 0.3 is 5.97 Å². The summed E-state index contributed by atoms with van der Waals surface area (Å²) >= 11 is 0. The van der Waals surface area contributed by atoms with Crippen LogP contribution in [0.3, 0.4) is 0 Å². The van der Waals surface area contributed by atoms with Gasteiger partial charge in [-0.2, -0.15) is 0 Å². The SMILES string of the molecule is C#Cc1ccc(-c2cc(C(=O)OCC)c(N(CCOC)C(=O)C3CCC(C)CC3)o2)cc1. The highest BCUT2D eigenvalue weighted by molar-refractivity contribution is 6.02. The molecular formula is C26H31NO5. The lowest BCUT2D eigenvalue weighted by atomic mass is 9.82. The summed E-state index contributed by atoms with van der Waals surface area (Å²) in [6, 6.07) is 8.90. The van der Waals surface area contributed by atoms with Crippen molar-refractivity contribution in [2.75, 3.05) is 31.8 Å². The summed E-state index contributed by atoms with van der Waals surface area (Å²) in [5.74, 6) is 3.23. The average molecular weight is 438 g/mol. The first kappa shape index (κ1) is 23.6. The highest BCUT2D eigenvalue weighted by Gasteiger charge is 2.33. The summed E-state index contributed by atoms with van der Waals surface area (Å²) < 4.78 is 16.6. The molecule has 0 aliphatic heterocycles. The number of hydrogen-bond donors (Lipinski definition) is 0. The molecule has 1 aliphatic rings. The standard InChI is InChI=1S/C26H31NO5/c1-5-19-9-13-20(14-10-19)23-17-22(26(29)31-6-2)25(32-23)27(15-16-30-4)24(28)21-11-7-18(3)8-12-21/h1,9-10,13-14,17-18,21H,6-8,11-12,15-16H2,2-4H3. The first-order chi connectivity index (χ1) is 15.5.